The minimum absolute atomic E-state index is 0. The molecule has 0 amide bonds. The van der Waals surface area contributed by atoms with Gasteiger partial charge >= 0.3 is 83.7 Å². The molecule has 6 heteroatoms. The van der Waals surface area contributed by atoms with Crippen molar-refractivity contribution in [3.8, 4) is 0 Å². The van der Waals surface area contributed by atoms with E-state index in [2.05, 4.69) is 99.1 Å². The van der Waals surface area contributed by atoms with Crippen LogP contribution in [-0.4, -0.2) is 10.9 Å². The van der Waals surface area contributed by atoms with E-state index in [9.17, 15) is 0 Å². The quantitative estimate of drug-likeness (QED) is 0.318. The molecule has 4 aliphatic carbocycles. The molecule has 0 N–H and O–H groups in total. The summed E-state index contributed by atoms with van der Waals surface area (Å²) >= 11 is 3.48. The topological polar surface area (TPSA) is 0 Å². The van der Waals surface area contributed by atoms with E-state index in [1.54, 1.807) is 46.7 Å². The zero-order chi connectivity index (χ0) is 22.2. The van der Waals surface area contributed by atoms with Crippen LogP contribution in [-0.2, 0) is 46.7 Å². The first kappa shape index (κ1) is 34.9. The molecular formula is C26H34Cl2Si2Zr2-4. The molecule has 4 aliphatic rings. The maximum atomic E-state index is 3.32. The first-order valence-corrected chi connectivity index (χ1v) is 23.0. The molecule has 0 bridgehead atoms. The van der Waals surface area contributed by atoms with Crippen LogP contribution in [0, 0.1) is 12.2 Å². The SMILES string of the molecule is C[Si](C)=[Zr].C[Si](C)=[Zr].[C-]1=C(CC2=CC=CC2)C=CC1.[C-]1=C(CC2=CC=CC2)C=CC1.[Cl-].[Cl-]. The van der Waals surface area contributed by atoms with Gasteiger partial charge in [0.1, 0.15) is 0 Å². The number of rotatable bonds is 4. The number of halogens is 2. The van der Waals surface area contributed by atoms with Gasteiger partial charge in [-0.2, -0.15) is 12.2 Å². The number of hydrogen-bond acceptors (Lipinski definition) is 0. The first-order valence-electron chi connectivity index (χ1n) is 10.6. The van der Waals surface area contributed by atoms with E-state index in [1.807, 2.05) is 0 Å². The largest absolute Gasteiger partial charge is 1.00 e. The third-order valence-electron chi connectivity index (χ3n) is 4.06. The fourth-order valence-electron chi connectivity index (χ4n) is 2.88. The second-order valence-electron chi connectivity index (χ2n) is 7.88. The standard InChI is InChI=1S/2C11H11.2C2H6Si.2ClH.2Zr/c2*1-2-6-10(5-1)9-11-7-3-4-8-11;2*1-3-2;;;;/h2*1-3,5,7H,4,6,9H2;2*1-2H3;2*1H;;/q2*-1;;;;;;/p-2. The Hall–Kier alpha value is 0.700. The predicted molar refractivity (Wildman–Crippen MR) is 129 cm³/mol. The Morgan fingerprint density at radius 1 is 0.688 bits per heavy atom. The van der Waals surface area contributed by atoms with Gasteiger partial charge in [0.2, 0.25) is 0 Å². The zero-order valence-electron chi connectivity index (χ0n) is 19.8. The molecular weight excluding hydrogens is 622 g/mol. The van der Waals surface area contributed by atoms with Crippen molar-refractivity contribution in [1.82, 2.24) is 0 Å². The van der Waals surface area contributed by atoms with Crippen LogP contribution in [0.15, 0.2) is 83.1 Å². The molecule has 0 aromatic carbocycles. The summed E-state index contributed by atoms with van der Waals surface area (Å²) in [7, 11) is 0. The number of hydrogen-bond donors (Lipinski definition) is 0. The maximum Gasteiger partial charge on any atom is -0.0130 e. The van der Waals surface area contributed by atoms with Crippen LogP contribution in [0.25, 0.3) is 0 Å². The minimum atomic E-state index is 0. The third-order valence-corrected chi connectivity index (χ3v) is 4.06. The van der Waals surface area contributed by atoms with Crippen molar-refractivity contribution < 1.29 is 71.5 Å². The second-order valence-corrected chi connectivity index (χ2v) is 26.6. The molecule has 0 aliphatic heterocycles. The third kappa shape index (κ3) is 20.1. The Kier molecular flexibility index (Phi) is 24.2. The smallest absolute Gasteiger partial charge is 0.0130 e. The summed E-state index contributed by atoms with van der Waals surface area (Å²) in [4.78, 5) is 0. The molecule has 0 aromatic heterocycles. The van der Waals surface area contributed by atoms with E-state index in [0.717, 1.165) is 38.5 Å². The second kappa shape index (κ2) is 22.2. The summed E-state index contributed by atoms with van der Waals surface area (Å²) in [6.07, 6.45) is 34.9. The Bertz CT molecular complexity index is 764. The Morgan fingerprint density at radius 3 is 1.25 bits per heavy atom. The Morgan fingerprint density at radius 2 is 1.03 bits per heavy atom. The summed E-state index contributed by atoms with van der Waals surface area (Å²) in [5.41, 5.74) is 6.17. The van der Waals surface area contributed by atoms with Gasteiger partial charge < -0.3 is 24.8 Å². The monoisotopic (exact) mass is 652 g/mol. The molecule has 32 heavy (non-hydrogen) atoms. The van der Waals surface area contributed by atoms with Crippen molar-refractivity contribution >= 4 is 10.9 Å². The maximum absolute atomic E-state index is 3.32. The fraction of sp³-hybridized carbons (Fsp3) is 0.385. The average Bonchev–Trinajstić information content (AvgIpc) is 3.46. The summed E-state index contributed by atoms with van der Waals surface area (Å²) in [5.74, 6) is 0. The van der Waals surface area contributed by atoms with E-state index in [0.29, 0.717) is 0 Å². The molecule has 0 fully saturated rings. The van der Waals surface area contributed by atoms with E-state index >= 15 is 0 Å². The van der Waals surface area contributed by atoms with Crippen molar-refractivity contribution in [2.24, 2.45) is 0 Å². The Labute approximate surface area is 239 Å². The fourth-order valence-corrected chi connectivity index (χ4v) is 2.88. The van der Waals surface area contributed by atoms with Gasteiger partial charge in [-0.05, 0) is 25.7 Å². The minimum Gasteiger partial charge on any atom is -1.00 e. The van der Waals surface area contributed by atoms with Crippen LogP contribution in [0.2, 0.25) is 26.2 Å². The van der Waals surface area contributed by atoms with Crippen LogP contribution in [0.5, 0.6) is 0 Å². The van der Waals surface area contributed by atoms with Gasteiger partial charge in [0, 0.05) is 0 Å². The van der Waals surface area contributed by atoms with Crippen molar-refractivity contribution in [2.75, 3.05) is 0 Å². The summed E-state index contributed by atoms with van der Waals surface area (Å²) in [6, 6.07) is 0. The summed E-state index contributed by atoms with van der Waals surface area (Å²) in [6.45, 7) is 9.23. The van der Waals surface area contributed by atoms with Gasteiger partial charge in [0.15, 0.2) is 0 Å². The van der Waals surface area contributed by atoms with Crippen LogP contribution in [0.4, 0.5) is 0 Å². The molecule has 0 aromatic rings. The molecule has 0 heterocycles. The zero-order valence-corrected chi connectivity index (χ0v) is 28.2. The molecule has 0 saturated heterocycles. The summed E-state index contributed by atoms with van der Waals surface area (Å²) in [5, 5.41) is 0. The van der Waals surface area contributed by atoms with E-state index in [1.165, 1.54) is 22.3 Å². The molecule has 0 radical (unpaired) electrons. The molecule has 0 spiro atoms. The molecule has 0 saturated carbocycles. The van der Waals surface area contributed by atoms with Crippen molar-refractivity contribution in [2.45, 2.75) is 64.7 Å². The molecule has 0 unspecified atom stereocenters. The van der Waals surface area contributed by atoms with Gasteiger partial charge in [-0.25, -0.2) is 23.3 Å². The van der Waals surface area contributed by atoms with Gasteiger partial charge in [-0.1, -0.05) is 47.6 Å². The van der Waals surface area contributed by atoms with E-state index in [4.69, 9.17) is 0 Å². The Balaban J connectivity index is 0. The first-order chi connectivity index (χ1) is 14.4. The normalized spacial score (nSPS) is 15.8. The summed E-state index contributed by atoms with van der Waals surface area (Å²) < 4.78 is 0. The van der Waals surface area contributed by atoms with Gasteiger partial charge in [-0.3, -0.25) is 12.2 Å². The van der Waals surface area contributed by atoms with Crippen LogP contribution < -0.4 is 24.8 Å². The molecule has 172 valence electrons. The van der Waals surface area contributed by atoms with Crippen LogP contribution >= 0.6 is 0 Å². The van der Waals surface area contributed by atoms with Gasteiger partial charge in [0.25, 0.3) is 0 Å². The molecule has 4 rings (SSSR count). The van der Waals surface area contributed by atoms with Gasteiger partial charge in [0.05, 0.1) is 0 Å². The van der Waals surface area contributed by atoms with Gasteiger partial charge in [-0.15, -0.1) is 12.8 Å². The molecule has 0 atom stereocenters. The average molecular weight is 656 g/mol. The van der Waals surface area contributed by atoms with Crippen molar-refractivity contribution in [1.29, 1.82) is 0 Å². The predicted octanol–water partition coefficient (Wildman–Crippen LogP) is 1.48. The van der Waals surface area contributed by atoms with Crippen LogP contribution in [0.1, 0.15) is 38.5 Å². The van der Waals surface area contributed by atoms with Crippen molar-refractivity contribution in [3.05, 3.63) is 95.2 Å². The van der Waals surface area contributed by atoms with Crippen molar-refractivity contribution in [3.63, 3.8) is 0 Å². The van der Waals surface area contributed by atoms with Crippen LogP contribution in [0.3, 0.4) is 0 Å². The van der Waals surface area contributed by atoms with E-state index in [-0.39, 0.29) is 35.7 Å². The molecule has 0 nitrogen and oxygen atoms in total. The van der Waals surface area contributed by atoms with E-state index < -0.39 is 0 Å². The number of allylic oxidation sites excluding steroid dienone is 16.